The fourth-order valence-electron chi connectivity index (χ4n) is 3.62. The topological polar surface area (TPSA) is 106 Å². The van der Waals surface area contributed by atoms with Gasteiger partial charge in [-0.2, -0.15) is 0 Å². The third-order valence-electron chi connectivity index (χ3n) is 5.70. The van der Waals surface area contributed by atoms with Gasteiger partial charge in [0.25, 0.3) is 12.3 Å². The number of aryl methyl sites for hydroxylation is 1. The highest BCUT2D eigenvalue weighted by atomic mass is 19.3. The molecule has 0 radical (unpaired) electrons. The van der Waals surface area contributed by atoms with Crippen LogP contribution in [0.5, 0.6) is 0 Å². The van der Waals surface area contributed by atoms with E-state index < -0.39 is 53.5 Å². The fraction of sp³-hybridized carbons (Fsp3) is 0.500. The summed E-state index contributed by atoms with van der Waals surface area (Å²) in [6.45, 7) is 3.57. The number of hydrogen-bond donors (Lipinski definition) is 3. The van der Waals surface area contributed by atoms with Crippen molar-refractivity contribution < 1.29 is 36.9 Å². The van der Waals surface area contributed by atoms with Crippen molar-refractivity contribution in [3.8, 4) is 0 Å². The molecule has 184 valence electrons. The maximum Gasteiger partial charge on any atom is 0.266 e. The van der Waals surface area contributed by atoms with Crippen molar-refractivity contribution in [2.45, 2.75) is 57.3 Å². The number of amides is 1. The number of nitrogens with one attached hydrogen (secondary N) is 2. The van der Waals surface area contributed by atoms with Crippen LogP contribution in [-0.2, 0) is 14.3 Å². The molecule has 1 unspecified atom stereocenters. The Labute approximate surface area is 192 Å². The average Bonchev–Trinajstić information content (AvgIpc) is 3.26. The Bertz CT molecular complexity index is 1080. The molecule has 1 aliphatic heterocycles. The van der Waals surface area contributed by atoms with Crippen LogP contribution in [0.15, 0.2) is 18.2 Å². The molecule has 2 fully saturated rings. The van der Waals surface area contributed by atoms with E-state index in [0.717, 1.165) is 25.0 Å². The number of halogens is 4. The van der Waals surface area contributed by atoms with Crippen LogP contribution in [0.4, 0.5) is 23.4 Å². The highest BCUT2D eigenvalue weighted by Crippen LogP contribution is 2.39. The summed E-state index contributed by atoms with van der Waals surface area (Å²) in [6.07, 6.45) is -6.85. The van der Waals surface area contributed by atoms with Crippen molar-refractivity contribution in [3.63, 3.8) is 0 Å². The van der Waals surface area contributed by atoms with Gasteiger partial charge in [0.1, 0.15) is 17.5 Å². The SMILES string of the molecule is Cc1nc(N[C@H](O)c2cccc(C(F)F)c2F)c(C2OCCO2)c(C(F)C(=O)NC2(C)CC2)n1. The third-order valence-corrected chi connectivity index (χ3v) is 5.70. The van der Waals surface area contributed by atoms with Crippen LogP contribution in [0.1, 0.15) is 73.1 Å². The molecular weight excluding hydrogens is 460 g/mol. The quantitative estimate of drug-likeness (QED) is 0.388. The maximum atomic E-state index is 15.4. The van der Waals surface area contributed by atoms with Gasteiger partial charge in [-0.1, -0.05) is 18.2 Å². The van der Waals surface area contributed by atoms with Crippen LogP contribution in [0.25, 0.3) is 0 Å². The molecule has 0 bridgehead atoms. The minimum absolute atomic E-state index is 0.0429. The maximum absolute atomic E-state index is 15.4. The van der Waals surface area contributed by atoms with Gasteiger partial charge < -0.3 is 25.2 Å². The molecule has 2 heterocycles. The summed E-state index contributed by atoms with van der Waals surface area (Å²) in [7, 11) is 0. The lowest BCUT2D eigenvalue weighted by Gasteiger charge is -2.23. The average molecular weight is 484 g/mol. The molecule has 0 spiro atoms. The number of carbonyl (C=O) groups excluding carboxylic acids is 1. The summed E-state index contributed by atoms with van der Waals surface area (Å²) in [5.74, 6) is -2.34. The summed E-state index contributed by atoms with van der Waals surface area (Å²) in [4.78, 5) is 20.8. The number of aliphatic hydroxyl groups excluding tert-OH is 1. The standard InChI is InChI=1S/C22H24F4N4O4/c1-10-27-16(15(24)20(32)30-22(2)6-7-22)13(21-33-8-9-34-21)18(28-10)29-19(31)12-5-3-4-11(14(12)23)17(25)26/h3-5,15,17,19,21,31H,6-9H2,1-2H3,(H,30,32)(H,27,28,29)/t15?,19-/m1/s1. The Balaban J connectivity index is 1.71. The first-order valence-corrected chi connectivity index (χ1v) is 10.7. The Hall–Kier alpha value is -2.83. The molecule has 2 atom stereocenters. The number of alkyl halides is 3. The van der Waals surface area contributed by atoms with Crippen molar-refractivity contribution in [1.29, 1.82) is 0 Å². The van der Waals surface area contributed by atoms with Crippen LogP contribution in [-0.4, -0.2) is 39.7 Å². The van der Waals surface area contributed by atoms with Gasteiger partial charge in [0.15, 0.2) is 12.5 Å². The second kappa shape index (κ2) is 9.43. The number of carbonyl (C=O) groups is 1. The van der Waals surface area contributed by atoms with E-state index >= 15 is 4.39 Å². The van der Waals surface area contributed by atoms with E-state index in [4.69, 9.17) is 9.47 Å². The van der Waals surface area contributed by atoms with E-state index in [0.29, 0.717) is 0 Å². The molecule has 1 aliphatic carbocycles. The number of aromatic nitrogens is 2. The Morgan fingerprint density at radius 1 is 1.18 bits per heavy atom. The van der Waals surface area contributed by atoms with E-state index in [1.165, 1.54) is 13.0 Å². The van der Waals surface area contributed by atoms with Gasteiger partial charge in [-0.15, -0.1) is 0 Å². The van der Waals surface area contributed by atoms with Gasteiger partial charge in [-0.3, -0.25) is 4.79 Å². The molecule has 8 nitrogen and oxygen atoms in total. The van der Waals surface area contributed by atoms with Crippen LogP contribution in [0, 0.1) is 12.7 Å². The van der Waals surface area contributed by atoms with Crippen molar-refractivity contribution >= 4 is 11.7 Å². The third kappa shape index (κ3) is 4.98. The fourth-order valence-corrected chi connectivity index (χ4v) is 3.62. The van der Waals surface area contributed by atoms with Crippen molar-refractivity contribution in [3.05, 3.63) is 52.2 Å². The first-order chi connectivity index (χ1) is 16.1. The van der Waals surface area contributed by atoms with Crippen LogP contribution < -0.4 is 10.6 Å². The summed E-state index contributed by atoms with van der Waals surface area (Å²) in [6, 6.07) is 3.20. The molecular formula is C22H24F4N4O4. The van der Waals surface area contributed by atoms with Crippen LogP contribution in [0.2, 0.25) is 0 Å². The minimum atomic E-state index is -3.09. The van der Waals surface area contributed by atoms with Gasteiger partial charge in [0, 0.05) is 11.1 Å². The zero-order chi connectivity index (χ0) is 24.6. The lowest BCUT2D eigenvalue weighted by atomic mass is 10.1. The lowest BCUT2D eigenvalue weighted by molar-refractivity contribution is -0.127. The normalized spacial score (nSPS) is 19.2. The van der Waals surface area contributed by atoms with Gasteiger partial charge in [0.05, 0.1) is 30.0 Å². The molecule has 4 rings (SSSR count). The second-order valence-corrected chi connectivity index (χ2v) is 8.50. The molecule has 1 amide bonds. The summed E-state index contributed by atoms with van der Waals surface area (Å²) < 4.78 is 67.0. The predicted molar refractivity (Wildman–Crippen MR) is 111 cm³/mol. The van der Waals surface area contributed by atoms with Crippen molar-refractivity contribution in [1.82, 2.24) is 15.3 Å². The molecule has 2 aromatic rings. The molecule has 2 aliphatic rings. The van der Waals surface area contributed by atoms with Gasteiger partial charge in [-0.25, -0.2) is 27.5 Å². The monoisotopic (exact) mass is 484 g/mol. The predicted octanol–water partition coefficient (Wildman–Crippen LogP) is 3.69. The molecule has 12 heteroatoms. The van der Waals surface area contributed by atoms with Crippen molar-refractivity contribution in [2.24, 2.45) is 0 Å². The van der Waals surface area contributed by atoms with E-state index in [-0.39, 0.29) is 36.1 Å². The number of anilines is 1. The van der Waals surface area contributed by atoms with Gasteiger partial charge >= 0.3 is 0 Å². The Morgan fingerprint density at radius 2 is 1.82 bits per heavy atom. The van der Waals surface area contributed by atoms with E-state index in [9.17, 15) is 23.1 Å². The number of hydrogen-bond acceptors (Lipinski definition) is 7. The summed E-state index contributed by atoms with van der Waals surface area (Å²) >= 11 is 0. The van der Waals surface area contributed by atoms with E-state index in [1.54, 1.807) is 6.92 Å². The van der Waals surface area contributed by atoms with Crippen molar-refractivity contribution in [2.75, 3.05) is 18.5 Å². The number of aliphatic hydroxyl groups is 1. The zero-order valence-corrected chi connectivity index (χ0v) is 18.4. The summed E-state index contributed by atoms with van der Waals surface area (Å²) in [5.41, 5.74) is -2.25. The lowest BCUT2D eigenvalue weighted by Crippen LogP contribution is -2.37. The van der Waals surface area contributed by atoms with Crippen LogP contribution >= 0.6 is 0 Å². The number of benzene rings is 1. The van der Waals surface area contributed by atoms with E-state index in [2.05, 4.69) is 20.6 Å². The first kappa shape index (κ1) is 24.3. The van der Waals surface area contributed by atoms with Gasteiger partial charge in [0.2, 0.25) is 6.17 Å². The largest absolute Gasteiger partial charge is 0.369 e. The second-order valence-electron chi connectivity index (χ2n) is 8.50. The van der Waals surface area contributed by atoms with E-state index in [1.807, 2.05) is 0 Å². The van der Waals surface area contributed by atoms with Crippen LogP contribution in [0.3, 0.4) is 0 Å². The molecule has 1 saturated heterocycles. The smallest absolute Gasteiger partial charge is 0.266 e. The first-order valence-electron chi connectivity index (χ1n) is 10.7. The highest BCUT2D eigenvalue weighted by molar-refractivity contribution is 5.83. The molecule has 1 aromatic heterocycles. The number of nitrogens with zero attached hydrogens (tertiary/aromatic N) is 2. The molecule has 1 aromatic carbocycles. The Kier molecular flexibility index (Phi) is 6.74. The molecule has 3 N–H and O–H groups in total. The number of rotatable bonds is 8. The number of ether oxygens (including phenoxy) is 2. The molecule has 34 heavy (non-hydrogen) atoms. The minimum Gasteiger partial charge on any atom is -0.369 e. The Morgan fingerprint density at radius 3 is 2.44 bits per heavy atom. The van der Waals surface area contributed by atoms with Gasteiger partial charge in [-0.05, 0) is 26.7 Å². The highest BCUT2D eigenvalue weighted by Gasteiger charge is 2.42. The molecule has 1 saturated carbocycles. The zero-order valence-electron chi connectivity index (χ0n) is 18.4. The summed E-state index contributed by atoms with van der Waals surface area (Å²) in [5, 5.41) is 15.7.